The minimum absolute atomic E-state index is 0.0997. The maximum Gasteiger partial charge on any atom is 0.251 e. The molecule has 1 amide bonds. The highest BCUT2D eigenvalue weighted by Gasteiger charge is 2.09. The van der Waals surface area contributed by atoms with E-state index in [9.17, 15) is 4.79 Å². The molecule has 1 N–H and O–H groups in total. The van der Waals surface area contributed by atoms with Crippen molar-refractivity contribution in [3.05, 3.63) is 69.7 Å². The van der Waals surface area contributed by atoms with Gasteiger partial charge in [-0.2, -0.15) is 10.2 Å². The molecule has 0 aliphatic heterocycles. The first kappa shape index (κ1) is 16.4. The Morgan fingerprint density at radius 2 is 2.17 bits per heavy atom. The number of hydrogen-bond acceptors (Lipinski definition) is 3. The van der Waals surface area contributed by atoms with E-state index < -0.39 is 0 Å². The number of carbonyl (C=O) groups excluding carboxylic acids is 1. The molecule has 124 valence electrons. The van der Waals surface area contributed by atoms with Gasteiger partial charge in [-0.3, -0.25) is 14.2 Å². The van der Waals surface area contributed by atoms with Crippen LogP contribution in [0.5, 0.6) is 0 Å². The molecular weight excluding hydrogens is 370 g/mol. The zero-order valence-electron chi connectivity index (χ0n) is 13.5. The summed E-state index contributed by atoms with van der Waals surface area (Å²) >= 11 is 3.38. The van der Waals surface area contributed by atoms with Crippen LogP contribution in [0.25, 0.3) is 0 Å². The average Bonchev–Trinajstić information content (AvgIpc) is 3.10. The summed E-state index contributed by atoms with van der Waals surface area (Å²) in [5.74, 6) is -0.0997. The molecule has 2 heterocycles. The first-order valence-electron chi connectivity index (χ1n) is 7.56. The second kappa shape index (κ2) is 7.00. The SMILES string of the molecule is Cc1cc(CNC(=O)c2cccc(Cn3cc(Br)cn3)c2)n(C)n1. The number of amides is 1. The van der Waals surface area contributed by atoms with Crippen molar-refractivity contribution >= 4 is 21.8 Å². The van der Waals surface area contributed by atoms with Crippen molar-refractivity contribution in [1.29, 1.82) is 0 Å². The smallest absolute Gasteiger partial charge is 0.251 e. The quantitative estimate of drug-likeness (QED) is 0.731. The van der Waals surface area contributed by atoms with Crippen molar-refractivity contribution in [2.24, 2.45) is 7.05 Å². The molecule has 0 saturated carbocycles. The average molecular weight is 388 g/mol. The summed E-state index contributed by atoms with van der Waals surface area (Å²) in [6.07, 6.45) is 3.64. The van der Waals surface area contributed by atoms with Gasteiger partial charge in [0.15, 0.2) is 0 Å². The number of aryl methyl sites for hydroxylation is 2. The highest BCUT2D eigenvalue weighted by molar-refractivity contribution is 9.10. The molecule has 0 aliphatic carbocycles. The molecule has 24 heavy (non-hydrogen) atoms. The summed E-state index contributed by atoms with van der Waals surface area (Å²) in [6, 6.07) is 9.53. The number of carbonyl (C=O) groups is 1. The lowest BCUT2D eigenvalue weighted by atomic mass is 10.1. The van der Waals surface area contributed by atoms with Gasteiger partial charge in [0.1, 0.15) is 0 Å². The summed E-state index contributed by atoms with van der Waals surface area (Å²) in [5, 5.41) is 11.4. The fourth-order valence-electron chi connectivity index (χ4n) is 2.53. The molecule has 2 aromatic heterocycles. The zero-order valence-corrected chi connectivity index (χ0v) is 15.1. The molecule has 7 heteroatoms. The van der Waals surface area contributed by atoms with E-state index in [2.05, 4.69) is 31.4 Å². The number of hydrogen-bond donors (Lipinski definition) is 1. The molecule has 0 bridgehead atoms. The summed E-state index contributed by atoms with van der Waals surface area (Å²) in [6.45, 7) is 3.00. The van der Waals surface area contributed by atoms with Crippen molar-refractivity contribution in [3.63, 3.8) is 0 Å². The van der Waals surface area contributed by atoms with Crippen molar-refractivity contribution in [2.75, 3.05) is 0 Å². The van der Waals surface area contributed by atoms with E-state index in [1.54, 1.807) is 10.9 Å². The van der Waals surface area contributed by atoms with Crippen LogP contribution in [-0.2, 0) is 20.1 Å². The van der Waals surface area contributed by atoms with Gasteiger partial charge in [-0.15, -0.1) is 0 Å². The molecule has 3 aromatic rings. The van der Waals surface area contributed by atoms with Gasteiger partial charge >= 0.3 is 0 Å². The highest BCUT2D eigenvalue weighted by atomic mass is 79.9. The Hall–Kier alpha value is -2.41. The minimum Gasteiger partial charge on any atom is -0.346 e. The standard InChI is InChI=1S/C17H18BrN5O/c1-12-6-16(22(2)21-12)9-19-17(24)14-5-3-4-13(7-14)10-23-11-15(18)8-20-23/h3-8,11H,9-10H2,1-2H3,(H,19,24). The minimum atomic E-state index is -0.0997. The number of nitrogens with zero attached hydrogens (tertiary/aromatic N) is 4. The van der Waals surface area contributed by atoms with Crippen LogP contribution in [0.3, 0.4) is 0 Å². The molecule has 0 atom stereocenters. The van der Waals surface area contributed by atoms with Gasteiger partial charge in [0.2, 0.25) is 0 Å². The van der Waals surface area contributed by atoms with Crippen LogP contribution < -0.4 is 5.32 Å². The lowest BCUT2D eigenvalue weighted by Gasteiger charge is -2.08. The normalized spacial score (nSPS) is 10.8. The Labute approximate surface area is 148 Å². The lowest BCUT2D eigenvalue weighted by Crippen LogP contribution is -2.24. The molecule has 0 radical (unpaired) electrons. The van der Waals surface area contributed by atoms with Gasteiger partial charge in [0.05, 0.1) is 35.1 Å². The van der Waals surface area contributed by atoms with Crippen molar-refractivity contribution in [1.82, 2.24) is 24.9 Å². The van der Waals surface area contributed by atoms with Crippen LogP contribution in [-0.4, -0.2) is 25.5 Å². The molecule has 6 nitrogen and oxygen atoms in total. The summed E-state index contributed by atoms with van der Waals surface area (Å²) in [5.41, 5.74) is 3.57. The van der Waals surface area contributed by atoms with E-state index in [-0.39, 0.29) is 5.91 Å². The number of nitrogens with one attached hydrogen (secondary N) is 1. The van der Waals surface area contributed by atoms with Crippen molar-refractivity contribution < 1.29 is 4.79 Å². The van der Waals surface area contributed by atoms with E-state index >= 15 is 0 Å². The van der Waals surface area contributed by atoms with Gasteiger partial charge in [-0.05, 0) is 46.6 Å². The lowest BCUT2D eigenvalue weighted by molar-refractivity contribution is 0.0950. The number of aromatic nitrogens is 4. The highest BCUT2D eigenvalue weighted by Crippen LogP contribution is 2.11. The van der Waals surface area contributed by atoms with E-state index in [0.29, 0.717) is 18.7 Å². The number of rotatable bonds is 5. The number of halogens is 1. The Bertz CT molecular complexity index is 868. The maximum atomic E-state index is 12.4. The van der Waals surface area contributed by atoms with Crippen LogP contribution in [0.1, 0.15) is 27.3 Å². The fourth-order valence-corrected chi connectivity index (χ4v) is 2.85. The Balaban J connectivity index is 1.66. The van der Waals surface area contributed by atoms with Crippen molar-refractivity contribution in [3.8, 4) is 0 Å². The predicted molar refractivity (Wildman–Crippen MR) is 94.6 cm³/mol. The van der Waals surface area contributed by atoms with Crippen LogP contribution in [0.15, 0.2) is 47.2 Å². The van der Waals surface area contributed by atoms with Crippen molar-refractivity contribution in [2.45, 2.75) is 20.0 Å². The number of benzene rings is 1. The molecule has 1 aromatic carbocycles. The monoisotopic (exact) mass is 387 g/mol. The molecule has 0 fully saturated rings. The molecule has 0 spiro atoms. The van der Waals surface area contributed by atoms with Gasteiger partial charge in [0.25, 0.3) is 5.91 Å². The third kappa shape index (κ3) is 3.91. The van der Waals surface area contributed by atoms with Crippen LogP contribution in [0.2, 0.25) is 0 Å². The first-order chi connectivity index (χ1) is 11.5. The second-order valence-electron chi connectivity index (χ2n) is 5.64. The summed E-state index contributed by atoms with van der Waals surface area (Å²) in [7, 11) is 1.87. The first-order valence-corrected chi connectivity index (χ1v) is 8.35. The third-order valence-electron chi connectivity index (χ3n) is 3.66. The Morgan fingerprint density at radius 3 is 2.83 bits per heavy atom. The van der Waals surface area contributed by atoms with E-state index in [4.69, 9.17) is 0 Å². The summed E-state index contributed by atoms with van der Waals surface area (Å²) in [4.78, 5) is 12.4. The van der Waals surface area contributed by atoms with E-state index in [0.717, 1.165) is 21.4 Å². The topological polar surface area (TPSA) is 64.7 Å². The molecule has 0 saturated heterocycles. The largest absolute Gasteiger partial charge is 0.346 e. The molecule has 3 rings (SSSR count). The Kier molecular flexibility index (Phi) is 4.80. The van der Waals surface area contributed by atoms with Gasteiger partial charge in [-0.25, -0.2) is 0 Å². The Morgan fingerprint density at radius 1 is 1.33 bits per heavy atom. The second-order valence-corrected chi connectivity index (χ2v) is 6.56. The summed E-state index contributed by atoms with van der Waals surface area (Å²) < 4.78 is 4.53. The maximum absolute atomic E-state index is 12.4. The van der Waals surface area contributed by atoms with Gasteiger partial charge in [-0.1, -0.05) is 12.1 Å². The van der Waals surface area contributed by atoms with Gasteiger partial charge < -0.3 is 5.32 Å². The molecular formula is C17H18BrN5O. The van der Waals surface area contributed by atoms with Crippen LogP contribution in [0.4, 0.5) is 0 Å². The van der Waals surface area contributed by atoms with Crippen LogP contribution in [0, 0.1) is 6.92 Å². The van der Waals surface area contributed by atoms with E-state index in [1.807, 2.05) is 55.2 Å². The predicted octanol–water partition coefficient (Wildman–Crippen LogP) is 2.67. The van der Waals surface area contributed by atoms with E-state index in [1.165, 1.54) is 0 Å². The fraction of sp³-hybridized carbons (Fsp3) is 0.235. The van der Waals surface area contributed by atoms with Crippen LogP contribution >= 0.6 is 15.9 Å². The zero-order chi connectivity index (χ0) is 17.1. The van der Waals surface area contributed by atoms with Gasteiger partial charge in [0, 0.05) is 18.8 Å². The molecule has 0 unspecified atom stereocenters. The third-order valence-corrected chi connectivity index (χ3v) is 4.07. The molecule has 0 aliphatic rings.